The normalized spacial score (nSPS) is 15.5. The Labute approximate surface area is 155 Å². The second kappa shape index (κ2) is 8.03. The molecule has 0 radical (unpaired) electrons. The Morgan fingerprint density at radius 2 is 1.96 bits per heavy atom. The molecule has 0 saturated carbocycles. The van der Waals surface area contributed by atoms with Crippen molar-refractivity contribution in [2.75, 3.05) is 37.6 Å². The maximum absolute atomic E-state index is 10.7. The van der Waals surface area contributed by atoms with E-state index in [-0.39, 0.29) is 6.54 Å². The van der Waals surface area contributed by atoms with Crippen LogP contribution in [0.3, 0.4) is 0 Å². The van der Waals surface area contributed by atoms with Crippen molar-refractivity contribution in [1.82, 2.24) is 19.9 Å². The number of piperazine rings is 1. The summed E-state index contributed by atoms with van der Waals surface area (Å²) in [7, 11) is 0. The Hall–Kier alpha value is -1.83. The molecule has 1 saturated heterocycles. The Kier molecular flexibility index (Phi) is 5.78. The molecule has 2 heterocycles. The number of aliphatic carboxylic acids is 1. The molecule has 1 aliphatic heterocycles. The number of aromatic nitrogens is 3. The lowest BCUT2D eigenvalue weighted by Gasteiger charge is -2.36. The van der Waals surface area contributed by atoms with Gasteiger partial charge in [0.1, 0.15) is 6.54 Å². The van der Waals surface area contributed by atoms with Gasteiger partial charge in [0.2, 0.25) is 0 Å². The summed E-state index contributed by atoms with van der Waals surface area (Å²) in [6, 6.07) is 5.59. The van der Waals surface area contributed by atoms with Gasteiger partial charge in [-0.15, -0.1) is 5.10 Å². The average molecular weight is 384 g/mol. The number of hydrogen-bond acceptors (Lipinski definition) is 5. The number of halogens is 2. The molecule has 0 bridgehead atoms. The molecule has 9 heteroatoms. The van der Waals surface area contributed by atoms with Crippen LogP contribution >= 0.6 is 23.2 Å². The van der Waals surface area contributed by atoms with Crippen LogP contribution in [0.2, 0.25) is 10.0 Å². The number of carboxylic acid groups (broad SMARTS) is 1. The van der Waals surface area contributed by atoms with Gasteiger partial charge in [0.15, 0.2) is 0 Å². The molecule has 1 aromatic carbocycles. The molecular formula is C16H19Cl2N5O2. The third kappa shape index (κ3) is 4.84. The molecule has 0 aliphatic carbocycles. The van der Waals surface area contributed by atoms with Gasteiger partial charge in [0.05, 0.1) is 16.4 Å². The van der Waals surface area contributed by atoms with E-state index in [9.17, 15) is 4.79 Å². The van der Waals surface area contributed by atoms with Crippen molar-refractivity contribution in [3.63, 3.8) is 0 Å². The molecule has 1 N–H and O–H groups in total. The number of carbonyl (C=O) groups is 1. The first-order chi connectivity index (χ1) is 12.0. The fourth-order valence-electron chi connectivity index (χ4n) is 2.89. The van der Waals surface area contributed by atoms with Crippen LogP contribution in [0, 0.1) is 0 Å². The number of benzene rings is 1. The Morgan fingerprint density at radius 1 is 1.20 bits per heavy atom. The van der Waals surface area contributed by atoms with Crippen LogP contribution in [0.15, 0.2) is 24.4 Å². The van der Waals surface area contributed by atoms with Gasteiger partial charge in [-0.25, -0.2) is 4.68 Å². The van der Waals surface area contributed by atoms with Crippen LogP contribution in [-0.2, 0) is 17.8 Å². The van der Waals surface area contributed by atoms with Crippen molar-refractivity contribution in [2.24, 2.45) is 0 Å². The van der Waals surface area contributed by atoms with E-state index in [2.05, 4.69) is 20.1 Å². The molecule has 0 atom stereocenters. The van der Waals surface area contributed by atoms with Crippen LogP contribution in [0.1, 0.15) is 5.69 Å². The number of anilines is 1. The molecule has 1 aliphatic rings. The first kappa shape index (κ1) is 18.0. The van der Waals surface area contributed by atoms with Crippen LogP contribution in [-0.4, -0.2) is 63.7 Å². The van der Waals surface area contributed by atoms with Crippen LogP contribution in [0.25, 0.3) is 0 Å². The van der Waals surface area contributed by atoms with Gasteiger partial charge in [-0.2, -0.15) is 0 Å². The molecule has 1 fully saturated rings. The lowest BCUT2D eigenvalue weighted by molar-refractivity contribution is -0.137. The summed E-state index contributed by atoms with van der Waals surface area (Å²) in [6.45, 7) is 4.37. The van der Waals surface area contributed by atoms with E-state index in [0.717, 1.165) is 50.5 Å². The molecule has 25 heavy (non-hydrogen) atoms. The highest BCUT2D eigenvalue weighted by atomic mass is 35.5. The van der Waals surface area contributed by atoms with E-state index >= 15 is 0 Å². The number of rotatable bonds is 6. The molecule has 0 amide bonds. The van der Waals surface area contributed by atoms with E-state index < -0.39 is 5.97 Å². The summed E-state index contributed by atoms with van der Waals surface area (Å²) < 4.78 is 1.35. The quantitative estimate of drug-likeness (QED) is 0.822. The van der Waals surface area contributed by atoms with Crippen LogP contribution in [0.4, 0.5) is 5.69 Å². The third-order valence-corrected chi connectivity index (χ3v) is 4.73. The number of carboxylic acids is 1. The van der Waals surface area contributed by atoms with E-state index in [4.69, 9.17) is 28.3 Å². The lowest BCUT2D eigenvalue weighted by Crippen LogP contribution is -2.47. The Bertz CT molecular complexity index is 744. The zero-order valence-electron chi connectivity index (χ0n) is 13.6. The Morgan fingerprint density at radius 3 is 2.64 bits per heavy atom. The standard InChI is InChI=1S/C16H19Cl2N5O2/c17-12-1-2-15(14(18)9-12)22-7-5-21(6-8-22)4-3-13-10-23(20-19-13)11-16(24)25/h1-2,9-10H,3-8,11H2,(H,24,25). The predicted molar refractivity (Wildman–Crippen MR) is 96.5 cm³/mol. The molecule has 2 aromatic rings. The smallest absolute Gasteiger partial charge is 0.325 e. The summed E-state index contributed by atoms with van der Waals surface area (Å²) in [4.78, 5) is 15.3. The Balaban J connectivity index is 1.48. The summed E-state index contributed by atoms with van der Waals surface area (Å²) >= 11 is 12.2. The minimum Gasteiger partial charge on any atom is -0.480 e. The molecule has 1 aromatic heterocycles. The molecular weight excluding hydrogens is 365 g/mol. The summed E-state index contributed by atoms with van der Waals surface area (Å²) in [5, 5.41) is 17.9. The second-order valence-corrected chi connectivity index (χ2v) is 6.82. The van der Waals surface area contributed by atoms with Gasteiger partial charge in [-0.05, 0) is 18.2 Å². The monoisotopic (exact) mass is 383 g/mol. The summed E-state index contributed by atoms with van der Waals surface area (Å²) in [6.07, 6.45) is 2.44. The van der Waals surface area contributed by atoms with E-state index in [0.29, 0.717) is 10.0 Å². The zero-order chi connectivity index (χ0) is 17.8. The second-order valence-electron chi connectivity index (χ2n) is 5.98. The van der Waals surface area contributed by atoms with Gasteiger partial charge in [-0.1, -0.05) is 28.4 Å². The summed E-state index contributed by atoms with van der Waals surface area (Å²) in [5.74, 6) is -0.923. The largest absolute Gasteiger partial charge is 0.480 e. The topological polar surface area (TPSA) is 74.5 Å². The lowest BCUT2D eigenvalue weighted by atomic mass is 10.2. The molecule has 7 nitrogen and oxygen atoms in total. The first-order valence-electron chi connectivity index (χ1n) is 8.04. The number of nitrogens with zero attached hydrogens (tertiary/aromatic N) is 5. The van der Waals surface area contributed by atoms with Crippen molar-refractivity contribution < 1.29 is 9.90 Å². The minimum atomic E-state index is -0.923. The van der Waals surface area contributed by atoms with E-state index in [1.807, 2.05) is 12.1 Å². The zero-order valence-corrected chi connectivity index (χ0v) is 15.1. The minimum absolute atomic E-state index is 0.159. The maximum Gasteiger partial charge on any atom is 0.325 e. The van der Waals surface area contributed by atoms with Gasteiger partial charge in [-0.3, -0.25) is 9.69 Å². The van der Waals surface area contributed by atoms with Crippen molar-refractivity contribution in [2.45, 2.75) is 13.0 Å². The molecule has 3 rings (SSSR count). The molecule has 134 valence electrons. The highest BCUT2D eigenvalue weighted by Crippen LogP contribution is 2.29. The first-order valence-corrected chi connectivity index (χ1v) is 8.80. The summed E-state index contributed by atoms with van der Waals surface area (Å²) in [5.41, 5.74) is 1.83. The van der Waals surface area contributed by atoms with Gasteiger partial charge in [0.25, 0.3) is 0 Å². The fourth-order valence-corrected chi connectivity index (χ4v) is 3.42. The van der Waals surface area contributed by atoms with Crippen molar-refractivity contribution in [3.05, 3.63) is 40.1 Å². The third-order valence-electron chi connectivity index (χ3n) is 4.19. The average Bonchev–Trinajstić information content (AvgIpc) is 3.00. The SMILES string of the molecule is O=C(O)Cn1cc(CCN2CCN(c3ccc(Cl)cc3Cl)CC2)nn1. The van der Waals surface area contributed by atoms with Crippen LogP contribution < -0.4 is 4.90 Å². The maximum atomic E-state index is 10.7. The van der Waals surface area contributed by atoms with Crippen molar-refractivity contribution in [1.29, 1.82) is 0 Å². The van der Waals surface area contributed by atoms with Crippen molar-refractivity contribution in [3.8, 4) is 0 Å². The highest BCUT2D eigenvalue weighted by Gasteiger charge is 2.19. The highest BCUT2D eigenvalue weighted by molar-refractivity contribution is 6.36. The van der Waals surface area contributed by atoms with Crippen LogP contribution in [0.5, 0.6) is 0 Å². The predicted octanol–water partition coefficient (Wildman–Crippen LogP) is 2.03. The van der Waals surface area contributed by atoms with Crippen molar-refractivity contribution >= 4 is 34.9 Å². The molecule has 0 unspecified atom stereocenters. The van der Waals surface area contributed by atoms with E-state index in [1.165, 1.54) is 4.68 Å². The number of hydrogen-bond donors (Lipinski definition) is 1. The van der Waals surface area contributed by atoms with Gasteiger partial charge in [0, 0.05) is 50.4 Å². The molecule has 0 spiro atoms. The fraction of sp³-hybridized carbons (Fsp3) is 0.438. The van der Waals surface area contributed by atoms with Gasteiger partial charge < -0.3 is 10.0 Å². The van der Waals surface area contributed by atoms with E-state index in [1.54, 1.807) is 12.3 Å². The van der Waals surface area contributed by atoms with Gasteiger partial charge >= 0.3 is 5.97 Å².